The standard InChI is InChI=1S/C10H10N2O/c1-11-10-4-2-3-9(12-10)8-5-6-13-7-8/h2-7H,1H3,(H,11,12). The van der Waals surface area contributed by atoms with E-state index < -0.39 is 0 Å². The van der Waals surface area contributed by atoms with Crippen LogP contribution in [-0.4, -0.2) is 12.0 Å². The van der Waals surface area contributed by atoms with E-state index in [0.717, 1.165) is 17.1 Å². The lowest BCUT2D eigenvalue weighted by molar-refractivity contribution is 0.568. The van der Waals surface area contributed by atoms with Crippen molar-refractivity contribution in [2.45, 2.75) is 0 Å². The van der Waals surface area contributed by atoms with Crippen LogP contribution in [0.2, 0.25) is 0 Å². The van der Waals surface area contributed by atoms with Crippen molar-refractivity contribution in [1.29, 1.82) is 0 Å². The van der Waals surface area contributed by atoms with E-state index in [-0.39, 0.29) is 0 Å². The smallest absolute Gasteiger partial charge is 0.126 e. The van der Waals surface area contributed by atoms with Crippen LogP contribution in [0.15, 0.2) is 41.2 Å². The lowest BCUT2D eigenvalue weighted by Crippen LogP contribution is -1.92. The van der Waals surface area contributed by atoms with Crippen molar-refractivity contribution in [1.82, 2.24) is 4.98 Å². The molecule has 1 N–H and O–H groups in total. The van der Waals surface area contributed by atoms with E-state index in [1.165, 1.54) is 0 Å². The van der Waals surface area contributed by atoms with Gasteiger partial charge in [0.1, 0.15) is 5.82 Å². The van der Waals surface area contributed by atoms with Gasteiger partial charge in [-0.05, 0) is 18.2 Å². The maximum atomic E-state index is 4.98. The molecule has 0 spiro atoms. The van der Waals surface area contributed by atoms with Crippen LogP contribution in [-0.2, 0) is 0 Å². The van der Waals surface area contributed by atoms with Crippen molar-refractivity contribution in [2.75, 3.05) is 12.4 Å². The Morgan fingerprint density at radius 2 is 2.23 bits per heavy atom. The summed E-state index contributed by atoms with van der Waals surface area (Å²) in [5.74, 6) is 0.860. The molecule has 2 aromatic heterocycles. The van der Waals surface area contributed by atoms with Gasteiger partial charge in [-0.3, -0.25) is 0 Å². The molecule has 0 unspecified atom stereocenters. The average molecular weight is 174 g/mol. The van der Waals surface area contributed by atoms with Gasteiger partial charge in [0, 0.05) is 12.6 Å². The van der Waals surface area contributed by atoms with E-state index >= 15 is 0 Å². The highest BCUT2D eigenvalue weighted by Crippen LogP contribution is 2.18. The number of nitrogens with one attached hydrogen (secondary N) is 1. The first-order valence-corrected chi connectivity index (χ1v) is 4.07. The zero-order valence-electron chi connectivity index (χ0n) is 7.32. The van der Waals surface area contributed by atoms with Gasteiger partial charge in [0.15, 0.2) is 0 Å². The van der Waals surface area contributed by atoms with Gasteiger partial charge in [-0.15, -0.1) is 0 Å². The molecule has 2 aromatic rings. The predicted octanol–water partition coefficient (Wildman–Crippen LogP) is 2.38. The quantitative estimate of drug-likeness (QED) is 0.759. The Kier molecular flexibility index (Phi) is 2.00. The van der Waals surface area contributed by atoms with Crippen LogP contribution >= 0.6 is 0 Å². The van der Waals surface area contributed by atoms with Crippen molar-refractivity contribution in [3.05, 3.63) is 36.8 Å². The third kappa shape index (κ3) is 1.54. The van der Waals surface area contributed by atoms with Crippen LogP contribution in [0.4, 0.5) is 5.82 Å². The van der Waals surface area contributed by atoms with Gasteiger partial charge in [-0.1, -0.05) is 6.07 Å². The van der Waals surface area contributed by atoms with E-state index in [2.05, 4.69) is 10.3 Å². The Labute approximate surface area is 76.4 Å². The molecule has 0 aliphatic carbocycles. The summed E-state index contributed by atoms with van der Waals surface area (Å²) in [7, 11) is 1.85. The summed E-state index contributed by atoms with van der Waals surface area (Å²) in [6.45, 7) is 0. The minimum atomic E-state index is 0.860. The molecule has 3 nitrogen and oxygen atoms in total. The summed E-state index contributed by atoms with van der Waals surface area (Å²) < 4.78 is 4.98. The third-order valence-electron chi connectivity index (χ3n) is 1.82. The van der Waals surface area contributed by atoms with Gasteiger partial charge in [-0.2, -0.15) is 0 Å². The lowest BCUT2D eigenvalue weighted by Gasteiger charge is -2.00. The first-order valence-electron chi connectivity index (χ1n) is 4.07. The number of furan rings is 1. The Hall–Kier alpha value is -1.77. The molecule has 0 bridgehead atoms. The molecule has 3 heteroatoms. The SMILES string of the molecule is CNc1cccc(-c2ccoc2)n1. The molecule has 0 radical (unpaired) electrons. The normalized spacial score (nSPS) is 9.92. The molecule has 0 atom stereocenters. The summed E-state index contributed by atoms with van der Waals surface area (Å²) >= 11 is 0. The highest BCUT2D eigenvalue weighted by molar-refractivity contribution is 5.59. The summed E-state index contributed by atoms with van der Waals surface area (Å²) in [4.78, 5) is 4.36. The zero-order chi connectivity index (χ0) is 9.10. The molecule has 0 fully saturated rings. The summed E-state index contributed by atoms with van der Waals surface area (Å²) in [6, 6.07) is 7.72. The zero-order valence-corrected chi connectivity index (χ0v) is 7.32. The topological polar surface area (TPSA) is 38.1 Å². The average Bonchev–Trinajstić information content (AvgIpc) is 2.71. The molecule has 0 aromatic carbocycles. The Morgan fingerprint density at radius 1 is 1.31 bits per heavy atom. The van der Waals surface area contributed by atoms with E-state index in [9.17, 15) is 0 Å². The fourth-order valence-electron chi connectivity index (χ4n) is 1.14. The van der Waals surface area contributed by atoms with Gasteiger partial charge < -0.3 is 9.73 Å². The molecular weight excluding hydrogens is 164 g/mol. The van der Waals surface area contributed by atoms with Crippen LogP contribution in [0.5, 0.6) is 0 Å². The Bertz CT molecular complexity index is 382. The number of rotatable bonds is 2. The second-order valence-corrected chi connectivity index (χ2v) is 2.67. The molecule has 13 heavy (non-hydrogen) atoms. The molecule has 66 valence electrons. The minimum absolute atomic E-state index is 0.860. The fourth-order valence-corrected chi connectivity index (χ4v) is 1.14. The van der Waals surface area contributed by atoms with Crippen molar-refractivity contribution in [3.8, 4) is 11.3 Å². The molecule has 0 saturated heterocycles. The lowest BCUT2D eigenvalue weighted by atomic mass is 10.2. The molecule has 2 heterocycles. The first-order chi connectivity index (χ1) is 6.40. The molecule has 0 aliphatic heterocycles. The van der Waals surface area contributed by atoms with Crippen LogP contribution in [0.3, 0.4) is 0 Å². The number of aromatic nitrogens is 1. The highest BCUT2D eigenvalue weighted by atomic mass is 16.3. The van der Waals surface area contributed by atoms with E-state index in [4.69, 9.17) is 4.42 Å². The number of hydrogen-bond acceptors (Lipinski definition) is 3. The van der Waals surface area contributed by atoms with Gasteiger partial charge >= 0.3 is 0 Å². The number of pyridine rings is 1. The third-order valence-corrected chi connectivity index (χ3v) is 1.82. The number of hydrogen-bond donors (Lipinski definition) is 1. The largest absolute Gasteiger partial charge is 0.472 e. The number of nitrogens with zero attached hydrogens (tertiary/aromatic N) is 1. The van der Waals surface area contributed by atoms with Crippen molar-refractivity contribution < 1.29 is 4.42 Å². The minimum Gasteiger partial charge on any atom is -0.472 e. The molecule has 0 amide bonds. The second kappa shape index (κ2) is 3.31. The van der Waals surface area contributed by atoms with Gasteiger partial charge in [0.25, 0.3) is 0 Å². The molecule has 0 aliphatic rings. The van der Waals surface area contributed by atoms with Crippen molar-refractivity contribution in [3.63, 3.8) is 0 Å². The first kappa shape index (κ1) is 7.86. The van der Waals surface area contributed by atoms with Crippen molar-refractivity contribution >= 4 is 5.82 Å². The maximum Gasteiger partial charge on any atom is 0.126 e. The van der Waals surface area contributed by atoms with Crippen LogP contribution in [0.1, 0.15) is 0 Å². The van der Waals surface area contributed by atoms with Crippen LogP contribution in [0.25, 0.3) is 11.3 Å². The van der Waals surface area contributed by atoms with Crippen LogP contribution < -0.4 is 5.32 Å². The summed E-state index contributed by atoms with van der Waals surface area (Å²) in [6.07, 6.45) is 3.32. The Balaban J connectivity index is 2.41. The highest BCUT2D eigenvalue weighted by Gasteiger charge is 2.00. The summed E-state index contributed by atoms with van der Waals surface area (Å²) in [5.41, 5.74) is 1.91. The van der Waals surface area contributed by atoms with E-state index in [1.54, 1.807) is 12.5 Å². The van der Waals surface area contributed by atoms with Gasteiger partial charge in [0.2, 0.25) is 0 Å². The second-order valence-electron chi connectivity index (χ2n) is 2.67. The monoisotopic (exact) mass is 174 g/mol. The maximum absolute atomic E-state index is 4.98. The predicted molar refractivity (Wildman–Crippen MR) is 51.5 cm³/mol. The van der Waals surface area contributed by atoms with Crippen LogP contribution in [0, 0.1) is 0 Å². The van der Waals surface area contributed by atoms with Gasteiger partial charge in [0.05, 0.1) is 18.2 Å². The van der Waals surface area contributed by atoms with Crippen molar-refractivity contribution in [2.24, 2.45) is 0 Å². The molecule has 0 saturated carbocycles. The van der Waals surface area contributed by atoms with E-state index in [0.29, 0.717) is 0 Å². The molecule has 2 rings (SSSR count). The summed E-state index contributed by atoms with van der Waals surface area (Å²) in [5, 5.41) is 2.99. The number of anilines is 1. The Morgan fingerprint density at radius 3 is 2.92 bits per heavy atom. The fraction of sp³-hybridized carbons (Fsp3) is 0.100. The molecular formula is C10H10N2O. The van der Waals surface area contributed by atoms with E-state index in [1.807, 2.05) is 31.3 Å². The van der Waals surface area contributed by atoms with Gasteiger partial charge in [-0.25, -0.2) is 4.98 Å².